The Morgan fingerprint density at radius 3 is 2.32 bits per heavy atom. The molecule has 0 aliphatic carbocycles. The van der Waals surface area contributed by atoms with Crippen LogP contribution in [0, 0.1) is 0 Å². The van der Waals surface area contributed by atoms with Gasteiger partial charge in [0.15, 0.2) is 0 Å². The number of anilines is 1. The Balaban J connectivity index is 3.09. The number of hydrogen-bond acceptors (Lipinski definition) is 3. The Morgan fingerprint density at radius 1 is 1.21 bits per heavy atom. The lowest BCUT2D eigenvalue weighted by atomic mass is 10.2. The van der Waals surface area contributed by atoms with Crippen LogP contribution in [-0.4, -0.2) is 45.2 Å². The normalized spacial score (nSPS) is 13.6. The number of benzene rings is 1. The Kier molecular flexibility index (Phi) is 5.82. The first-order valence-corrected chi connectivity index (χ1v) is 8.49. The van der Waals surface area contributed by atoms with E-state index in [1.165, 1.54) is 4.31 Å². The van der Waals surface area contributed by atoms with E-state index in [0.29, 0.717) is 9.72 Å². The molecule has 0 aromatic heterocycles. The molecule has 6 heteroatoms. The van der Waals surface area contributed by atoms with Gasteiger partial charge in [0, 0.05) is 32.5 Å². The standard InChI is InChI=1S/C13H21BrN2O2S/c1-11(14)9-10-16(4)12-7-5-6-8-13(12)19(17,18)15(2)3/h5-8,11H,9-10H2,1-4H3. The molecule has 0 spiro atoms. The van der Waals surface area contributed by atoms with Crippen molar-refractivity contribution in [2.75, 3.05) is 32.6 Å². The number of halogens is 1. The van der Waals surface area contributed by atoms with Crippen molar-refractivity contribution in [2.45, 2.75) is 23.1 Å². The van der Waals surface area contributed by atoms with Gasteiger partial charge in [-0.15, -0.1) is 0 Å². The lowest BCUT2D eigenvalue weighted by Gasteiger charge is -2.24. The maximum Gasteiger partial charge on any atom is 0.244 e. The average Bonchev–Trinajstić information content (AvgIpc) is 2.35. The van der Waals surface area contributed by atoms with Crippen molar-refractivity contribution in [3.05, 3.63) is 24.3 Å². The number of hydrogen-bond donors (Lipinski definition) is 0. The minimum atomic E-state index is -3.41. The van der Waals surface area contributed by atoms with Crippen molar-refractivity contribution in [1.29, 1.82) is 0 Å². The van der Waals surface area contributed by atoms with Crippen LogP contribution in [-0.2, 0) is 10.0 Å². The Bertz CT molecular complexity index is 515. The first-order chi connectivity index (χ1) is 8.76. The first kappa shape index (κ1) is 16.5. The van der Waals surface area contributed by atoms with Crippen molar-refractivity contribution < 1.29 is 8.42 Å². The van der Waals surface area contributed by atoms with Crippen LogP contribution in [0.5, 0.6) is 0 Å². The Hall–Kier alpha value is -0.590. The van der Waals surface area contributed by atoms with Crippen LogP contribution in [0.3, 0.4) is 0 Å². The smallest absolute Gasteiger partial charge is 0.244 e. The van der Waals surface area contributed by atoms with Gasteiger partial charge < -0.3 is 4.90 Å². The minimum Gasteiger partial charge on any atom is -0.373 e. The van der Waals surface area contributed by atoms with Crippen LogP contribution >= 0.6 is 15.9 Å². The van der Waals surface area contributed by atoms with E-state index in [9.17, 15) is 8.42 Å². The highest BCUT2D eigenvalue weighted by atomic mass is 79.9. The molecule has 1 aromatic carbocycles. The third-order valence-electron chi connectivity index (χ3n) is 2.90. The third-order valence-corrected chi connectivity index (χ3v) is 5.22. The van der Waals surface area contributed by atoms with Crippen molar-refractivity contribution in [2.24, 2.45) is 0 Å². The highest BCUT2D eigenvalue weighted by Gasteiger charge is 2.22. The second kappa shape index (κ2) is 6.72. The molecule has 1 atom stereocenters. The SMILES string of the molecule is CC(Br)CCN(C)c1ccccc1S(=O)(=O)N(C)C. The molecule has 1 rings (SSSR count). The van der Waals surface area contributed by atoms with E-state index in [1.807, 2.05) is 24.1 Å². The first-order valence-electron chi connectivity index (χ1n) is 6.13. The quantitative estimate of drug-likeness (QED) is 0.741. The minimum absolute atomic E-state index is 0.352. The van der Waals surface area contributed by atoms with Gasteiger partial charge >= 0.3 is 0 Å². The summed E-state index contributed by atoms with van der Waals surface area (Å²) >= 11 is 3.50. The fourth-order valence-electron chi connectivity index (χ4n) is 1.68. The third kappa shape index (κ3) is 4.19. The van der Waals surface area contributed by atoms with E-state index in [0.717, 1.165) is 18.7 Å². The maximum absolute atomic E-state index is 12.3. The molecule has 1 aromatic rings. The number of nitrogens with zero attached hydrogens (tertiary/aromatic N) is 2. The highest BCUT2D eigenvalue weighted by Crippen LogP contribution is 2.26. The van der Waals surface area contributed by atoms with E-state index in [-0.39, 0.29) is 0 Å². The predicted octanol–water partition coefficient (Wildman–Crippen LogP) is 2.55. The zero-order chi connectivity index (χ0) is 14.6. The molecule has 0 heterocycles. The molecule has 4 nitrogen and oxygen atoms in total. The molecule has 0 fully saturated rings. The van der Waals surface area contributed by atoms with Crippen LogP contribution < -0.4 is 4.90 Å². The molecule has 0 aliphatic heterocycles. The Labute approximate surface area is 124 Å². The van der Waals surface area contributed by atoms with E-state index >= 15 is 0 Å². The van der Waals surface area contributed by atoms with Crippen molar-refractivity contribution in [3.63, 3.8) is 0 Å². The van der Waals surface area contributed by atoms with E-state index in [1.54, 1.807) is 26.2 Å². The van der Waals surface area contributed by atoms with Crippen molar-refractivity contribution in [1.82, 2.24) is 4.31 Å². The zero-order valence-corrected chi connectivity index (χ0v) is 14.2. The lowest BCUT2D eigenvalue weighted by Crippen LogP contribution is -2.27. The van der Waals surface area contributed by atoms with Crippen LogP contribution in [0.15, 0.2) is 29.2 Å². The summed E-state index contributed by atoms with van der Waals surface area (Å²) in [5.74, 6) is 0. The highest BCUT2D eigenvalue weighted by molar-refractivity contribution is 9.09. The maximum atomic E-state index is 12.3. The summed E-state index contributed by atoms with van der Waals surface area (Å²) in [6.45, 7) is 2.88. The number of sulfonamides is 1. The molecule has 0 radical (unpaired) electrons. The van der Waals surface area contributed by atoms with Gasteiger partial charge in [0.25, 0.3) is 0 Å². The summed E-state index contributed by atoms with van der Waals surface area (Å²) in [6, 6.07) is 7.10. The van der Waals surface area contributed by atoms with E-state index in [2.05, 4.69) is 22.9 Å². The van der Waals surface area contributed by atoms with E-state index < -0.39 is 10.0 Å². The lowest BCUT2D eigenvalue weighted by molar-refractivity contribution is 0.520. The summed E-state index contributed by atoms with van der Waals surface area (Å²) in [6.07, 6.45) is 0.951. The molecule has 0 bridgehead atoms. The van der Waals surface area contributed by atoms with Crippen LogP contribution in [0.25, 0.3) is 0 Å². The van der Waals surface area contributed by atoms with Gasteiger partial charge in [-0.2, -0.15) is 0 Å². The molecule has 19 heavy (non-hydrogen) atoms. The average molecular weight is 349 g/mol. The van der Waals surface area contributed by atoms with Gasteiger partial charge in [-0.25, -0.2) is 12.7 Å². The molecular formula is C13H21BrN2O2S. The van der Waals surface area contributed by atoms with E-state index in [4.69, 9.17) is 0 Å². The second-order valence-corrected chi connectivity index (χ2v) is 8.43. The summed E-state index contributed by atoms with van der Waals surface area (Å²) < 4.78 is 25.8. The fraction of sp³-hybridized carbons (Fsp3) is 0.538. The summed E-state index contributed by atoms with van der Waals surface area (Å²) in [7, 11) is 1.60. The molecule has 0 saturated heterocycles. The topological polar surface area (TPSA) is 40.6 Å². The van der Waals surface area contributed by atoms with Gasteiger partial charge in [0.1, 0.15) is 4.90 Å². The van der Waals surface area contributed by atoms with Gasteiger partial charge in [-0.05, 0) is 18.6 Å². The number of rotatable bonds is 6. The molecule has 0 amide bonds. The summed E-state index contributed by atoms with van der Waals surface area (Å²) in [5.41, 5.74) is 0.740. The monoisotopic (exact) mass is 348 g/mol. The van der Waals surface area contributed by atoms with Gasteiger partial charge in [-0.3, -0.25) is 0 Å². The molecule has 0 N–H and O–H groups in total. The molecule has 0 saturated carbocycles. The molecule has 0 aliphatic rings. The molecule has 1 unspecified atom stereocenters. The number of para-hydroxylation sites is 1. The van der Waals surface area contributed by atoms with Gasteiger partial charge in [0.05, 0.1) is 5.69 Å². The zero-order valence-electron chi connectivity index (χ0n) is 11.8. The van der Waals surface area contributed by atoms with Crippen molar-refractivity contribution in [3.8, 4) is 0 Å². The largest absolute Gasteiger partial charge is 0.373 e. The van der Waals surface area contributed by atoms with Crippen LogP contribution in [0.1, 0.15) is 13.3 Å². The fourth-order valence-corrected chi connectivity index (χ4v) is 3.02. The van der Waals surface area contributed by atoms with Crippen LogP contribution in [0.2, 0.25) is 0 Å². The summed E-state index contributed by atoms with van der Waals surface area (Å²) in [5, 5.41) is 0. The number of alkyl halides is 1. The van der Waals surface area contributed by atoms with Crippen LogP contribution in [0.4, 0.5) is 5.69 Å². The Morgan fingerprint density at radius 2 is 1.79 bits per heavy atom. The van der Waals surface area contributed by atoms with Gasteiger partial charge in [-0.1, -0.05) is 35.0 Å². The van der Waals surface area contributed by atoms with Crippen molar-refractivity contribution >= 4 is 31.6 Å². The second-order valence-electron chi connectivity index (χ2n) is 4.75. The molecule has 108 valence electrons. The predicted molar refractivity (Wildman–Crippen MR) is 83.6 cm³/mol. The summed E-state index contributed by atoms with van der Waals surface area (Å²) in [4.78, 5) is 2.74. The van der Waals surface area contributed by atoms with Gasteiger partial charge in [0.2, 0.25) is 10.0 Å². The molecular weight excluding hydrogens is 328 g/mol.